The number of benzene rings is 1. The Kier molecular flexibility index (Phi) is 4.69. The van der Waals surface area contributed by atoms with Gasteiger partial charge >= 0.3 is 6.61 Å². The Morgan fingerprint density at radius 2 is 2.21 bits per heavy atom. The lowest BCUT2D eigenvalue weighted by atomic mass is 10.2. The number of amides is 1. The molecule has 7 nitrogen and oxygen atoms in total. The predicted octanol–water partition coefficient (Wildman–Crippen LogP) is 2.06. The third kappa shape index (κ3) is 3.86. The third-order valence-electron chi connectivity index (χ3n) is 3.35. The second-order valence-electron chi connectivity index (χ2n) is 5.07. The number of carbonyl (C=O) groups is 1. The first-order valence-corrected chi connectivity index (χ1v) is 7.31. The SMILES string of the molecule is O=C(N/N=C/c1ccc(OC(F)F)cc1)c1cn2c(n1)NCCC2. The number of halogens is 2. The highest BCUT2D eigenvalue weighted by molar-refractivity contribution is 5.93. The van der Waals surface area contributed by atoms with Gasteiger partial charge < -0.3 is 14.6 Å². The van der Waals surface area contributed by atoms with Gasteiger partial charge in [-0.2, -0.15) is 13.9 Å². The Bertz CT molecular complexity index is 719. The number of aromatic nitrogens is 2. The van der Waals surface area contributed by atoms with Gasteiger partial charge in [-0.1, -0.05) is 0 Å². The molecule has 24 heavy (non-hydrogen) atoms. The van der Waals surface area contributed by atoms with E-state index in [1.54, 1.807) is 18.3 Å². The molecule has 0 atom stereocenters. The number of hydrogen-bond donors (Lipinski definition) is 2. The van der Waals surface area contributed by atoms with Gasteiger partial charge in [0.1, 0.15) is 11.4 Å². The van der Waals surface area contributed by atoms with Gasteiger partial charge in [-0.05, 0) is 36.2 Å². The van der Waals surface area contributed by atoms with Crippen molar-refractivity contribution in [3.05, 3.63) is 41.7 Å². The number of hydrogen-bond acceptors (Lipinski definition) is 5. The molecular formula is C15H15F2N5O2. The lowest BCUT2D eigenvalue weighted by Gasteiger charge is -2.14. The van der Waals surface area contributed by atoms with E-state index in [1.165, 1.54) is 18.3 Å². The lowest BCUT2D eigenvalue weighted by molar-refractivity contribution is -0.0498. The van der Waals surface area contributed by atoms with E-state index in [4.69, 9.17) is 0 Å². The summed E-state index contributed by atoms with van der Waals surface area (Å²) in [7, 11) is 0. The molecule has 2 heterocycles. The third-order valence-corrected chi connectivity index (χ3v) is 3.35. The number of carbonyl (C=O) groups excluding carboxylic acids is 1. The molecule has 0 spiro atoms. The molecule has 0 aliphatic carbocycles. The van der Waals surface area contributed by atoms with Gasteiger partial charge in [0.25, 0.3) is 5.91 Å². The minimum atomic E-state index is -2.86. The van der Waals surface area contributed by atoms with Gasteiger partial charge in [0.15, 0.2) is 0 Å². The van der Waals surface area contributed by atoms with Crippen molar-refractivity contribution in [3.8, 4) is 5.75 Å². The Morgan fingerprint density at radius 1 is 1.42 bits per heavy atom. The Labute approximate surface area is 136 Å². The molecule has 0 fully saturated rings. The maximum absolute atomic E-state index is 12.1. The summed E-state index contributed by atoms with van der Waals surface area (Å²) < 4.78 is 30.2. The molecule has 0 saturated heterocycles. The van der Waals surface area contributed by atoms with Crippen LogP contribution in [0.25, 0.3) is 0 Å². The molecule has 9 heteroatoms. The van der Waals surface area contributed by atoms with Crippen molar-refractivity contribution in [2.75, 3.05) is 11.9 Å². The van der Waals surface area contributed by atoms with Crippen LogP contribution in [-0.4, -0.2) is 34.8 Å². The van der Waals surface area contributed by atoms with Gasteiger partial charge in [-0.25, -0.2) is 10.4 Å². The van der Waals surface area contributed by atoms with Crippen molar-refractivity contribution in [1.29, 1.82) is 0 Å². The standard InChI is InChI=1S/C15H15F2N5O2/c16-14(17)24-11-4-2-10(3-5-11)8-19-21-13(23)12-9-22-7-1-6-18-15(22)20-12/h2-5,8-9,14H,1,6-7H2,(H,18,20)(H,21,23)/b19-8+. The van der Waals surface area contributed by atoms with Gasteiger partial charge in [0, 0.05) is 19.3 Å². The second kappa shape index (κ2) is 7.07. The molecule has 2 N–H and O–H groups in total. The summed E-state index contributed by atoms with van der Waals surface area (Å²) in [6.45, 7) is -1.21. The van der Waals surface area contributed by atoms with E-state index in [0.29, 0.717) is 11.5 Å². The predicted molar refractivity (Wildman–Crippen MR) is 83.5 cm³/mol. The maximum atomic E-state index is 12.1. The smallest absolute Gasteiger partial charge is 0.387 e. The fourth-order valence-electron chi connectivity index (χ4n) is 2.24. The zero-order valence-electron chi connectivity index (χ0n) is 12.6. The van der Waals surface area contributed by atoms with E-state index in [-0.39, 0.29) is 11.4 Å². The van der Waals surface area contributed by atoms with Crippen molar-refractivity contribution in [1.82, 2.24) is 15.0 Å². The van der Waals surface area contributed by atoms with Gasteiger partial charge in [-0.3, -0.25) is 4.79 Å². The van der Waals surface area contributed by atoms with E-state index in [1.807, 2.05) is 4.57 Å². The summed E-state index contributed by atoms with van der Waals surface area (Å²) >= 11 is 0. The van der Waals surface area contributed by atoms with Crippen LogP contribution in [0.15, 0.2) is 35.6 Å². The summed E-state index contributed by atoms with van der Waals surface area (Å²) in [5.41, 5.74) is 3.28. The first kappa shape index (κ1) is 15.9. The van der Waals surface area contributed by atoms with E-state index in [9.17, 15) is 13.6 Å². The number of hydrazone groups is 1. The van der Waals surface area contributed by atoms with E-state index >= 15 is 0 Å². The van der Waals surface area contributed by atoms with Crippen LogP contribution in [0.3, 0.4) is 0 Å². The minimum absolute atomic E-state index is 0.0577. The molecule has 126 valence electrons. The summed E-state index contributed by atoms with van der Waals surface area (Å²) in [5.74, 6) is 0.305. The molecule has 1 aliphatic rings. The van der Waals surface area contributed by atoms with Crippen LogP contribution < -0.4 is 15.5 Å². The number of fused-ring (bicyclic) bond motifs is 1. The zero-order valence-corrected chi connectivity index (χ0v) is 12.6. The van der Waals surface area contributed by atoms with Gasteiger partial charge in [-0.15, -0.1) is 0 Å². The molecule has 1 aliphatic heterocycles. The number of ether oxygens (including phenoxy) is 1. The number of anilines is 1. The Hall–Kier alpha value is -2.97. The van der Waals surface area contributed by atoms with Crippen LogP contribution in [0, 0.1) is 0 Å². The number of imidazole rings is 1. The summed E-state index contributed by atoms with van der Waals surface area (Å²) in [6, 6.07) is 5.88. The average Bonchev–Trinajstić information content (AvgIpc) is 3.00. The molecule has 2 aromatic rings. The van der Waals surface area contributed by atoms with Gasteiger partial charge in [0.2, 0.25) is 5.95 Å². The summed E-state index contributed by atoms with van der Waals surface area (Å²) in [5, 5.41) is 6.94. The highest BCUT2D eigenvalue weighted by Crippen LogP contribution is 2.15. The average molecular weight is 335 g/mol. The number of aryl methyl sites for hydroxylation is 1. The van der Waals surface area contributed by atoms with Crippen LogP contribution in [0.2, 0.25) is 0 Å². The molecule has 1 amide bonds. The minimum Gasteiger partial charge on any atom is -0.435 e. The lowest BCUT2D eigenvalue weighted by Crippen LogP contribution is -2.18. The Balaban J connectivity index is 1.57. The molecule has 0 unspecified atom stereocenters. The van der Waals surface area contributed by atoms with Crippen molar-refractivity contribution in [3.63, 3.8) is 0 Å². The normalized spacial score (nSPS) is 13.6. The van der Waals surface area contributed by atoms with Crippen LogP contribution in [0.1, 0.15) is 22.5 Å². The summed E-state index contributed by atoms with van der Waals surface area (Å²) in [4.78, 5) is 16.2. The first-order chi connectivity index (χ1) is 11.6. The maximum Gasteiger partial charge on any atom is 0.387 e. The quantitative estimate of drug-likeness (QED) is 0.647. The number of nitrogens with zero attached hydrogens (tertiary/aromatic N) is 3. The van der Waals surface area contributed by atoms with E-state index in [2.05, 4.69) is 25.6 Å². The first-order valence-electron chi connectivity index (χ1n) is 7.31. The molecule has 0 saturated carbocycles. The highest BCUT2D eigenvalue weighted by Gasteiger charge is 2.15. The monoisotopic (exact) mass is 335 g/mol. The fourth-order valence-corrected chi connectivity index (χ4v) is 2.24. The van der Waals surface area contributed by atoms with E-state index in [0.717, 1.165) is 19.5 Å². The molecular weight excluding hydrogens is 320 g/mol. The van der Waals surface area contributed by atoms with Crippen LogP contribution >= 0.6 is 0 Å². The zero-order chi connectivity index (χ0) is 16.9. The molecule has 1 aromatic carbocycles. The largest absolute Gasteiger partial charge is 0.435 e. The molecule has 0 bridgehead atoms. The van der Waals surface area contributed by atoms with Crippen LogP contribution in [0.4, 0.5) is 14.7 Å². The number of nitrogens with one attached hydrogen (secondary N) is 2. The summed E-state index contributed by atoms with van der Waals surface area (Å²) in [6.07, 6.45) is 4.05. The Morgan fingerprint density at radius 3 is 2.92 bits per heavy atom. The molecule has 1 aromatic heterocycles. The van der Waals surface area contributed by atoms with Crippen molar-refractivity contribution in [2.24, 2.45) is 5.10 Å². The number of alkyl halides is 2. The van der Waals surface area contributed by atoms with Crippen molar-refractivity contribution in [2.45, 2.75) is 19.6 Å². The van der Waals surface area contributed by atoms with E-state index < -0.39 is 12.5 Å². The van der Waals surface area contributed by atoms with Gasteiger partial charge in [0.05, 0.1) is 6.21 Å². The number of rotatable bonds is 5. The fraction of sp³-hybridized carbons (Fsp3) is 0.267. The van der Waals surface area contributed by atoms with Crippen molar-refractivity contribution < 1.29 is 18.3 Å². The highest BCUT2D eigenvalue weighted by atomic mass is 19.3. The topological polar surface area (TPSA) is 80.5 Å². The second-order valence-corrected chi connectivity index (χ2v) is 5.07. The van der Waals surface area contributed by atoms with Crippen LogP contribution in [0.5, 0.6) is 5.75 Å². The van der Waals surface area contributed by atoms with Crippen LogP contribution in [-0.2, 0) is 6.54 Å². The van der Waals surface area contributed by atoms with Crippen molar-refractivity contribution >= 4 is 18.1 Å². The molecule has 0 radical (unpaired) electrons. The molecule has 3 rings (SSSR count).